The number of aryl methyl sites for hydroxylation is 1. The topological polar surface area (TPSA) is 52.5 Å². The van der Waals surface area contributed by atoms with Gasteiger partial charge in [-0.05, 0) is 111 Å². The number of aliphatic hydroxyl groups excluding tert-OH is 1. The first-order valence-corrected chi connectivity index (χ1v) is 11.2. The van der Waals surface area contributed by atoms with E-state index in [0.717, 1.165) is 19.4 Å². The lowest BCUT2D eigenvalue weighted by Crippen LogP contribution is -2.47. The van der Waals surface area contributed by atoms with Crippen molar-refractivity contribution in [3.8, 4) is 5.75 Å². The number of nitrogens with one attached hydrogen (secondary N) is 1. The number of phenols is 1. The van der Waals surface area contributed by atoms with E-state index in [1.54, 1.807) is 0 Å². The molecule has 6 atom stereocenters. The van der Waals surface area contributed by atoms with Crippen molar-refractivity contribution in [2.24, 2.45) is 23.2 Å². The van der Waals surface area contributed by atoms with Crippen molar-refractivity contribution >= 4 is 0 Å². The van der Waals surface area contributed by atoms with Crippen LogP contribution >= 0.6 is 0 Å². The van der Waals surface area contributed by atoms with Crippen LogP contribution in [0.2, 0.25) is 0 Å². The lowest BCUT2D eigenvalue weighted by atomic mass is 9.51. The fourth-order valence-electron chi connectivity index (χ4n) is 7.01. The van der Waals surface area contributed by atoms with Crippen LogP contribution in [0.1, 0.15) is 75.3 Å². The third-order valence-corrected chi connectivity index (χ3v) is 8.28. The van der Waals surface area contributed by atoms with Gasteiger partial charge in [0.25, 0.3) is 0 Å². The highest BCUT2D eigenvalue weighted by Gasteiger charge is 2.57. The van der Waals surface area contributed by atoms with E-state index < -0.39 is 0 Å². The molecule has 0 amide bonds. The Bertz CT molecular complexity index is 660. The van der Waals surface area contributed by atoms with Gasteiger partial charge in [-0.1, -0.05) is 25.8 Å². The van der Waals surface area contributed by atoms with E-state index in [1.165, 1.54) is 56.1 Å². The van der Waals surface area contributed by atoms with Crippen LogP contribution in [0.3, 0.4) is 0 Å². The maximum atomic E-state index is 10.8. The van der Waals surface area contributed by atoms with Crippen molar-refractivity contribution in [1.29, 1.82) is 0 Å². The fourth-order valence-corrected chi connectivity index (χ4v) is 7.01. The van der Waals surface area contributed by atoms with Crippen LogP contribution in [-0.2, 0) is 6.42 Å². The van der Waals surface area contributed by atoms with Crippen LogP contribution in [0.15, 0.2) is 18.2 Å². The van der Waals surface area contributed by atoms with Crippen molar-refractivity contribution in [3.05, 3.63) is 29.3 Å². The summed E-state index contributed by atoms with van der Waals surface area (Å²) in [5, 5.41) is 24.0. The number of aromatic hydroxyl groups is 1. The molecular weight excluding hydrogens is 334 g/mol. The first kappa shape index (κ1) is 19.3. The average molecular weight is 372 g/mol. The van der Waals surface area contributed by atoms with Gasteiger partial charge in [-0.3, -0.25) is 0 Å². The minimum Gasteiger partial charge on any atom is -0.508 e. The third kappa shape index (κ3) is 3.42. The summed E-state index contributed by atoms with van der Waals surface area (Å²) in [4.78, 5) is 0. The molecule has 3 nitrogen and oxygen atoms in total. The SMILES string of the molecule is CNCCCCC[C@H]1CC2(C)C(O)CCC2C2CCc3cc(O)ccc3C21. The van der Waals surface area contributed by atoms with Gasteiger partial charge in [-0.15, -0.1) is 0 Å². The second-order valence-corrected chi connectivity index (χ2v) is 9.73. The summed E-state index contributed by atoms with van der Waals surface area (Å²) < 4.78 is 0. The predicted octanol–water partition coefficient (Wildman–Crippen LogP) is 4.62. The van der Waals surface area contributed by atoms with Gasteiger partial charge in [-0.2, -0.15) is 0 Å². The second-order valence-electron chi connectivity index (χ2n) is 9.73. The molecule has 3 aliphatic carbocycles. The molecule has 0 bridgehead atoms. The monoisotopic (exact) mass is 371 g/mol. The molecule has 5 unspecified atom stereocenters. The summed E-state index contributed by atoms with van der Waals surface area (Å²) in [6, 6.07) is 6.11. The van der Waals surface area contributed by atoms with Crippen molar-refractivity contribution in [2.75, 3.05) is 13.6 Å². The number of fused-ring (bicyclic) bond motifs is 5. The summed E-state index contributed by atoms with van der Waals surface area (Å²) in [5.41, 5.74) is 3.00. The van der Waals surface area contributed by atoms with Gasteiger partial charge in [0.1, 0.15) is 5.75 Å². The highest BCUT2D eigenvalue weighted by molar-refractivity contribution is 5.40. The molecule has 0 aromatic heterocycles. The van der Waals surface area contributed by atoms with Crippen molar-refractivity contribution in [3.63, 3.8) is 0 Å². The summed E-state index contributed by atoms with van der Waals surface area (Å²) in [7, 11) is 2.03. The second kappa shape index (κ2) is 7.75. The first-order valence-electron chi connectivity index (χ1n) is 11.2. The molecule has 0 aliphatic heterocycles. The number of unbranched alkanes of at least 4 members (excludes halogenated alkanes) is 2. The molecule has 150 valence electrons. The Labute approximate surface area is 164 Å². The van der Waals surface area contributed by atoms with Crippen molar-refractivity contribution < 1.29 is 10.2 Å². The summed E-state index contributed by atoms with van der Waals surface area (Å²) >= 11 is 0. The Balaban J connectivity index is 1.60. The van der Waals surface area contributed by atoms with Gasteiger partial charge < -0.3 is 15.5 Å². The fraction of sp³-hybridized carbons (Fsp3) is 0.750. The summed E-state index contributed by atoms with van der Waals surface area (Å²) in [6.07, 6.45) is 10.7. The zero-order valence-electron chi connectivity index (χ0n) is 17.1. The van der Waals surface area contributed by atoms with E-state index in [0.29, 0.717) is 29.4 Å². The molecular formula is C24H37NO2. The predicted molar refractivity (Wildman–Crippen MR) is 110 cm³/mol. The maximum Gasteiger partial charge on any atom is 0.115 e. The number of hydrogen-bond donors (Lipinski definition) is 3. The molecule has 0 spiro atoms. The normalized spacial score (nSPS) is 37.5. The Hall–Kier alpha value is -1.06. The molecule has 4 rings (SSSR count). The Morgan fingerprint density at radius 1 is 1.15 bits per heavy atom. The number of phenolic OH excluding ortho intramolecular Hbond substituents is 1. The molecule has 27 heavy (non-hydrogen) atoms. The summed E-state index contributed by atoms with van der Waals surface area (Å²) in [6.45, 7) is 3.49. The molecule has 2 fully saturated rings. The van der Waals surface area contributed by atoms with E-state index >= 15 is 0 Å². The van der Waals surface area contributed by atoms with Crippen LogP contribution in [0.4, 0.5) is 0 Å². The zero-order valence-corrected chi connectivity index (χ0v) is 17.1. The van der Waals surface area contributed by atoms with E-state index in [2.05, 4.69) is 18.3 Å². The first-order chi connectivity index (χ1) is 13.0. The van der Waals surface area contributed by atoms with Crippen LogP contribution < -0.4 is 5.32 Å². The zero-order chi connectivity index (χ0) is 19.0. The van der Waals surface area contributed by atoms with E-state index in [9.17, 15) is 10.2 Å². The average Bonchev–Trinajstić information content (AvgIpc) is 2.95. The molecule has 2 saturated carbocycles. The Morgan fingerprint density at radius 3 is 2.81 bits per heavy atom. The number of hydrogen-bond acceptors (Lipinski definition) is 3. The highest BCUT2D eigenvalue weighted by atomic mass is 16.3. The molecule has 3 aliphatic rings. The Kier molecular flexibility index (Phi) is 5.53. The van der Waals surface area contributed by atoms with Crippen LogP contribution in [0, 0.1) is 23.2 Å². The lowest BCUT2D eigenvalue weighted by Gasteiger charge is -2.54. The van der Waals surface area contributed by atoms with Crippen molar-refractivity contribution in [1.82, 2.24) is 5.32 Å². The minimum atomic E-state index is -0.114. The molecule has 3 N–H and O–H groups in total. The lowest BCUT2D eigenvalue weighted by molar-refractivity contribution is -0.0501. The Morgan fingerprint density at radius 2 is 2.00 bits per heavy atom. The highest BCUT2D eigenvalue weighted by Crippen LogP contribution is 2.63. The number of benzene rings is 1. The standard InChI is InChI=1S/C24H37NO2/c1-24-15-17(6-4-3-5-13-25-2)23-19-10-8-18(26)14-16(19)7-9-20(23)21(24)11-12-22(24)27/h8,10,14,17,20-23,25-27H,3-7,9,11-13,15H2,1-2H3/t17-,20?,21?,22?,23?,24?/m0/s1. The molecule has 0 saturated heterocycles. The molecule has 1 aromatic rings. The minimum absolute atomic E-state index is 0.114. The molecule has 1 aromatic carbocycles. The molecule has 0 heterocycles. The largest absolute Gasteiger partial charge is 0.508 e. The van der Waals surface area contributed by atoms with E-state index in [-0.39, 0.29) is 11.5 Å². The van der Waals surface area contributed by atoms with Crippen LogP contribution in [0.5, 0.6) is 5.75 Å². The van der Waals surface area contributed by atoms with Gasteiger partial charge in [0.2, 0.25) is 0 Å². The molecule has 3 heteroatoms. The van der Waals surface area contributed by atoms with Gasteiger partial charge in [0.05, 0.1) is 6.10 Å². The smallest absolute Gasteiger partial charge is 0.115 e. The van der Waals surface area contributed by atoms with Crippen molar-refractivity contribution in [2.45, 2.75) is 76.7 Å². The van der Waals surface area contributed by atoms with E-state index in [1.807, 2.05) is 19.2 Å². The number of rotatable bonds is 6. The third-order valence-electron chi connectivity index (χ3n) is 8.28. The quantitative estimate of drug-likeness (QED) is 0.640. The summed E-state index contributed by atoms with van der Waals surface area (Å²) in [5.74, 6) is 3.08. The van der Waals surface area contributed by atoms with E-state index in [4.69, 9.17) is 0 Å². The van der Waals surface area contributed by atoms with Crippen LogP contribution in [-0.4, -0.2) is 29.9 Å². The van der Waals surface area contributed by atoms with Gasteiger partial charge in [0.15, 0.2) is 0 Å². The van der Waals surface area contributed by atoms with Crippen LogP contribution in [0.25, 0.3) is 0 Å². The maximum absolute atomic E-state index is 10.8. The molecule has 0 radical (unpaired) electrons. The van der Waals surface area contributed by atoms with Gasteiger partial charge in [-0.25, -0.2) is 0 Å². The van der Waals surface area contributed by atoms with Gasteiger partial charge in [0, 0.05) is 0 Å². The van der Waals surface area contributed by atoms with Gasteiger partial charge >= 0.3 is 0 Å². The number of aliphatic hydroxyl groups is 1.